The lowest BCUT2D eigenvalue weighted by Crippen LogP contribution is -2.39. The first-order valence-electron chi connectivity index (χ1n) is 7.52. The van der Waals surface area contributed by atoms with Gasteiger partial charge in [-0.3, -0.25) is 9.78 Å². The summed E-state index contributed by atoms with van der Waals surface area (Å²) in [6, 6.07) is 7.76. The summed E-state index contributed by atoms with van der Waals surface area (Å²) >= 11 is 3.42. The van der Waals surface area contributed by atoms with Crippen molar-refractivity contribution in [3.05, 3.63) is 64.1 Å². The highest BCUT2D eigenvalue weighted by molar-refractivity contribution is 9.10. The number of nitrogens with zero attached hydrogens (tertiary/aromatic N) is 4. The number of fused-ring (bicyclic) bond motifs is 2. The fourth-order valence-corrected chi connectivity index (χ4v) is 3.46. The van der Waals surface area contributed by atoms with Crippen LogP contribution in [0.5, 0.6) is 0 Å². The zero-order valence-electron chi connectivity index (χ0n) is 12.6. The third-order valence-corrected chi connectivity index (χ3v) is 4.86. The third kappa shape index (κ3) is 2.43. The van der Waals surface area contributed by atoms with Gasteiger partial charge in [-0.15, -0.1) is 0 Å². The van der Waals surface area contributed by atoms with Gasteiger partial charge in [0.25, 0.3) is 5.91 Å². The topological polar surface area (TPSA) is 50.5 Å². The number of halogens is 1. The molecular formula is C17H15BrN4O. The Labute approximate surface area is 142 Å². The Kier molecular flexibility index (Phi) is 3.41. The average Bonchev–Trinajstić information content (AvgIpc) is 2.98. The lowest BCUT2D eigenvalue weighted by atomic mass is 9.95. The van der Waals surface area contributed by atoms with Crippen LogP contribution < -0.4 is 0 Å². The Bertz CT molecular complexity index is 904. The number of pyridine rings is 2. The normalized spacial score (nSPS) is 17.3. The maximum atomic E-state index is 12.9. The third-order valence-electron chi connectivity index (χ3n) is 4.39. The molecule has 0 aliphatic carbocycles. The van der Waals surface area contributed by atoms with Crippen molar-refractivity contribution in [3.63, 3.8) is 0 Å². The van der Waals surface area contributed by atoms with E-state index in [-0.39, 0.29) is 11.9 Å². The predicted molar refractivity (Wildman–Crippen MR) is 90.3 cm³/mol. The lowest BCUT2D eigenvalue weighted by molar-refractivity contribution is 0.0671. The van der Waals surface area contributed by atoms with Crippen LogP contribution in [0.1, 0.15) is 34.6 Å². The fourth-order valence-electron chi connectivity index (χ4n) is 3.13. The number of rotatable bonds is 1. The monoisotopic (exact) mass is 370 g/mol. The van der Waals surface area contributed by atoms with Crippen molar-refractivity contribution in [1.82, 2.24) is 19.5 Å². The molecule has 0 saturated heterocycles. The molecule has 1 aliphatic heterocycles. The summed E-state index contributed by atoms with van der Waals surface area (Å²) in [5.74, 6) is -0.0353. The van der Waals surface area contributed by atoms with Crippen LogP contribution in [0.15, 0.2) is 47.3 Å². The van der Waals surface area contributed by atoms with E-state index in [9.17, 15) is 4.79 Å². The molecule has 1 amide bonds. The van der Waals surface area contributed by atoms with Crippen LogP contribution in [0.4, 0.5) is 0 Å². The zero-order chi connectivity index (χ0) is 16.0. The lowest BCUT2D eigenvalue weighted by Gasteiger charge is -2.34. The summed E-state index contributed by atoms with van der Waals surface area (Å²) in [5, 5.41) is 4.42. The second-order valence-corrected chi connectivity index (χ2v) is 6.66. The van der Waals surface area contributed by atoms with Crippen molar-refractivity contribution >= 4 is 27.4 Å². The van der Waals surface area contributed by atoms with Crippen molar-refractivity contribution in [2.24, 2.45) is 0 Å². The molecule has 0 saturated carbocycles. The van der Waals surface area contributed by atoms with Gasteiger partial charge in [-0.1, -0.05) is 0 Å². The van der Waals surface area contributed by atoms with E-state index in [2.05, 4.69) is 26.0 Å². The smallest absolute Gasteiger partial charge is 0.274 e. The molecule has 1 aliphatic rings. The first-order chi connectivity index (χ1) is 11.1. The van der Waals surface area contributed by atoms with Gasteiger partial charge in [0.15, 0.2) is 5.69 Å². The predicted octanol–water partition coefficient (Wildman–Crippen LogP) is 3.25. The minimum atomic E-state index is -0.0353. The summed E-state index contributed by atoms with van der Waals surface area (Å²) in [5.41, 5.74) is 3.78. The molecule has 0 spiro atoms. The standard InChI is InChI=1S/C17H15BrN4O/c1-11-15-9-19-6-4-12(15)5-7-21(11)17(23)16-8-14-3-2-13(18)10-22(14)20-16/h2-4,6,8-11H,5,7H2,1H3. The summed E-state index contributed by atoms with van der Waals surface area (Å²) in [6.07, 6.45) is 6.38. The molecule has 4 rings (SSSR count). The zero-order valence-corrected chi connectivity index (χ0v) is 14.2. The fraction of sp³-hybridized carbons (Fsp3) is 0.235. The van der Waals surface area contributed by atoms with Gasteiger partial charge in [-0.2, -0.15) is 5.10 Å². The van der Waals surface area contributed by atoms with Crippen LogP contribution in [-0.4, -0.2) is 31.9 Å². The summed E-state index contributed by atoms with van der Waals surface area (Å²) in [4.78, 5) is 19.0. The van der Waals surface area contributed by atoms with Crippen molar-refractivity contribution < 1.29 is 4.79 Å². The summed E-state index contributed by atoms with van der Waals surface area (Å²) < 4.78 is 2.65. The number of amides is 1. The second kappa shape index (κ2) is 5.45. The molecule has 0 fully saturated rings. The quantitative estimate of drug-likeness (QED) is 0.660. The van der Waals surface area contributed by atoms with Crippen molar-refractivity contribution in [1.29, 1.82) is 0 Å². The maximum absolute atomic E-state index is 12.9. The number of carbonyl (C=O) groups excluding carboxylic acids is 1. The Morgan fingerprint density at radius 1 is 1.35 bits per heavy atom. The Balaban J connectivity index is 1.68. The highest BCUT2D eigenvalue weighted by Gasteiger charge is 2.29. The van der Waals surface area contributed by atoms with Gasteiger partial charge in [-0.05, 0) is 64.7 Å². The molecule has 1 unspecified atom stereocenters. The number of hydrogen-bond acceptors (Lipinski definition) is 3. The average molecular weight is 371 g/mol. The molecule has 3 aromatic heterocycles. The van der Waals surface area contributed by atoms with E-state index in [1.165, 1.54) is 5.56 Å². The highest BCUT2D eigenvalue weighted by atomic mass is 79.9. The van der Waals surface area contributed by atoms with Crippen LogP contribution in [0.3, 0.4) is 0 Å². The maximum Gasteiger partial charge on any atom is 0.274 e. The van der Waals surface area contributed by atoms with Gasteiger partial charge < -0.3 is 4.90 Å². The summed E-state index contributed by atoms with van der Waals surface area (Å²) in [7, 11) is 0. The highest BCUT2D eigenvalue weighted by Crippen LogP contribution is 2.29. The Morgan fingerprint density at radius 2 is 2.22 bits per heavy atom. The van der Waals surface area contributed by atoms with Gasteiger partial charge in [0.05, 0.1) is 11.6 Å². The van der Waals surface area contributed by atoms with E-state index in [0.717, 1.165) is 22.0 Å². The van der Waals surface area contributed by atoms with Crippen LogP contribution in [0, 0.1) is 0 Å². The van der Waals surface area contributed by atoms with Crippen molar-refractivity contribution in [3.8, 4) is 0 Å². The van der Waals surface area contributed by atoms with Gasteiger partial charge in [0.2, 0.25) is 0 Å². The van der Waals surface area contributed by atoms with E-state index in [0.29, 0.717) is 12.2 Å². The van der Waals surface area contributed by atoms with Gasteiger partial charge in [0.1, 0.15) is 0 Å². The summed E-state index contributed by atoms with van der Waals surface area (Å²) in [6.45, 7) is 2.75. The minimum Gasteiger partial charge on any atom is -0.330 e. The molecule has 116 valence electrons. The van der Waals surface area contributed by atoms with Crippen LogP contribution >= 0.6 is 15.9 Å². The molecule has 6 heteroatoms. The Hall–Kier alpha value is -2.21. The van der Waals surface area contributed by atoms with E-state index in [4.69, 9.17) is 0 Å². The number of carbonyl (C=O) groups is 1. The van der Waals surface area contributed by atoms with Gasteiger partial charge >= 0.3 is 0 Å². The van der Waals surface area contributed by atoms with Crippen LogP contribution in [-0.2, 0) is 6.42 Å². The number of hydrogen-bond donors (Lipinski definition) is 0. The largest absolute Gasteiger partial charge is 0.330 e. The Morgan fingerprint density at radius 3 is 3.09 bits per heavy atom. The van der Waals surface area contributed by atoms with Crippen molar-refractivity contribution in [2.45, 2.75) is 19.4 Å². The van der Waals surface area contributed by atoms with E-state index < -0.39 is 0 Å². The number of aromatic nitrogens is 3. The van der Waals surface area contributed by atoms with Gasteiger partial charge in [-0.25, -0.2) is 4.52 Å². The second-order valence-electron chi connectivity index (χ2n) is 5.75. The molecule has 5 nitrogen and oxygen atoms in total. The molecule has 0 bridgehead atoms. The van der Waals surface area contributed by atoms with E-state index >= 15 is 0 Å². The molecule has 3 aromatic rings. The van der Waals surface area contributed by atoms with Crippen LogP contribution in [0.25, 0.3) is 5.52 Å². The molecule has 0 aromatic carbocycles. The van der Waals surface area contributed by atoms with Crippen LogP contribution in [0.2, 0.25) is 0 Å². The first-order valence-corrected chi connectivity index (χ1v) is 8.31. The van der Waals surface area contributed by atoms with Crippen molar-refractivity contribution in [2.75, 3.05) is 6.54 Å². The first kappa shape index (κ1) is 14.4. The van der Waals surface area contributed by atoms with E-state index in [1.807, 2.05) is 54.7 Å². The molecule has 23 heavy (non-hydrogen) atoms. The molecular weight excluding hydrogens is 356 g/mol. The SMILES string of the molecule is CC1c2cnccc2CCN1C(=O)c1cc2ccc(Br)cn2n1. The van der Waals surface area contributed by atoms with E-state index in [1.54, 1.807) is 4.52 Å². The minimum absolute atomic E-state index is 0.0106. The van der Waals surface area contributed by atoms with Gasteiger partial charge in [0, 0.05) is 29.6 Å². The molecule has 0 radical (unpaired) electrons. The molecule has 0 N–H and O–H groups in total. The molecule has 1 atom stereocenters. The molecule has 4 heterocycles.